The number of hydrogen-bond acceptors (Lipinski definition) is 2. The summed E-state index contributed by atoms with van der Waals surface area (Å²) >= 11 is 0. The number of hydrazone groups is 1. The molecular weight excluding hydrogens is 245 g/mol. The fourth-order valence-electron chi connectivity index (χ4n) is 1.59. The quantitative estimate of drug-likeness (QED) is 0.642. The Morgan fingerprint density at radius 2 is 2.05 bits per heavy atom. The summed E-state index contributed by atoms with van der Waals surface area (Å²) in [7, 11) is 0. The molecule has 19 heavy (non-hydrogen) atoms. The molecule has 0 aliphatic heterocycles. The number of H-pyrrole nitrogens is 1. The molecule has 2 aromatic rings. The Morgan fingerprint density at radius 1 is 1.32 bits per heavy atom. The zero-order valence-electron chi connectivity index (χ0n) is 10.5. The van der Waals surface area contributed by atoms with E-state index in [2.05, 4.69) is 15.5 Å². The minimum atomic E-state index is -0.315. The second-order valence-corrected chi connectivity index (χ2v) is 4.12. The van der Waals surface area contributed by atoms with Crippen molar-refractivity contribution in [1.29, 1.82) is 0 Å². The van der Waals surface area contributed by atoms with Gasteiger partial charge >= 0.3 is 0 Å². The van der Waals surface area contributed by atoms with E-state index < -0.39 is 0 Å². The Balaban J connectivity index is 1.91. The summed E-state index contributed by atoms with van der Waals surface area (Å²) in [5.41, 5.74) is 4.75. The molecule has 0 bridgehead atoms. The van der Waals surface area contributed by atoms with Gasteiger partial charge in [-0.1, -0.05) is 12.1 Å². The number of nitrogens with one attached hydrogen (secondary N) is 2. The van der Waals surface area contributed by atoms with Gasteiger partial charge in [0.25, 0.3) is 0 Å². The van der Waals surface area contributed by atoms with Gasteiger partial charge in [-0.25, -0.2) is 9.82 Å². The topological polar surface area (TPSA) is 57.2 Å². The minimum absolute atomic E-state index is 0.168. The number of carbonyl (C=O) groups excluding carboxylic acids is 1. The summed E-state index contributed by atoms with van der Waals surface area (Å²) in [6.45, 7) is 1.80. The van der Waals surface area contributed by atoms with Gasteiger partial charge in [0.05, 0.1) is 17.8 Å². The molecule has 0 saturated heterocycles. The van der Waals surface area contributed by atoms with Crippen LogP contribution < -0.4 is 5.43 Å². The van der Waals surface area contributed by atoms with Crippen molar-refractivity contribution in [2.45, 2.75) is 13.3 Å². The van der Waals surface area contributed by atoms with Gasteiger partial charge in [0, 0.05) is 6.20 Å². The highest BCUT2D eigenvalue weighted by Crippen LogP contribution is 2.03. The third-order valence-electron chi connectivity index (χ3n) is 2.61. The molecule has 0 saturated carbocycles. The summed E-state index contributed by atoms with van der Waals surface area (Å²) in [6, 6.07) is 9.54. The standard InChI is InChI=1S/C14H14FN3O/c1-10(13-3-2-8-16-13)17-18-14(19)9-11-4-6-12(15)7-5-11/h2-8,16H,9H2,1H3,(H,18,19)/b17-10+. The molecule has 1 aromatic carbocycles. The molecule has 1 heterocycles. The largest absolute Gasteiger partial charge is 0.360 e. The maximum Gasteiger partial charge on any atom is 0.244 e. The van der Waals surface area contributed by atoms with Crippen LogP contribution in [0.5, 0.6) is 0 Å². The van der Waals surface area contributed by atoms with Gasteiger partial charge in [-0.15, -0.1) is 0 Å². The van der Waals surface area contributed by atoms with Gasteiger partial charge in [0.2, 0.25) is 5.91 Å². The van der Waals surface area contributed by atoms with E-state index in [9.17, 15) is 9.18 Å². The molecule has 0 atom stereocenters. The summed E-state index contributed by atoms with van der Waals surface area (Å²) in [5.74, 6) is -0.553. The summed E-state index contributed by atoms with van der Waals surface area (Å²) < 4.78 is 12.7. The van der Waals surface area contributed by atoms with Crippen molar-refractivity contribution in [2.75, 3.05) is 0 Å². The van der Waals surface area contributed by atoms with E-state index in [0.29, 0.717) is 5.71 Å². The van der Waals surface area contributed by atoms with Gasteiger partial charge in [-0.2, -0.15) is 5.10 Å². The molecule has 0 aliphatic carbocycles. The molecule has 2 rings (SSSR count). The molecule has 98 valence electrons. The lowest BCUT2D eigenvalue weighted by Crippen LogP contribution is -2.21. The number of benzene rings is 1. The highest BCUT2D eigenvalue weighted by molar-refractivity contribution is 5.97. The predicted molar refractivity (Wildman–Crippen MR) is 71.3 cm³/mol. The first-order valence-electron chi connectivity index (χ1n) is 5.86. The molecule has 0 unspecified atom stereocenters. The molecule has 1 aromatic heterocycles. The predicted octanol–water partition coefficient (Wildman–Crippen LogP) is 2.24. The van der Waals surface area contributed by atoms with Crippen LogP contribution in [0.4, 0.5) is 4.39 Å². The van der Waals surface area contributed by atoms with Gasteiger partial charge in [0.15, 0.2) is 0 Å². The second-order valence-electron chi connectivity index (χ2n) is 4.12. The van der Waals surface area contributed by atoms with Crippen LogP contribution in [-0.2, 0) is 11.2 Å². The maximum absolute atomic E-state index is 12.7. The molecule has 5 heteroatoms. The summed E-state index contributed by atoms with van der Waals surface area (Å²) in [4.78, 5) is 14.6. The first-order chi connectivity index (χ1) is 9.15. The molecule has 2 N–H and O–H groups in total. The lowest BCUT2D eigenvalue weighted by Gasteiger charge is -2.02. The molecule has 1 amide bonds. The fraction of sp³-hybridized carbons (Fsp3) is 0.143. The van der Waals surface area contributed by atoms with Gasteiger partial charge in [-0.3, -0.25) is 4.79 Å². The normalized spacial score (nSPS) is 11.4. The van der Waals surface area contributed by atoms with E-state index in [0.717, 1.165) is 11.3 Å². The van der Waals surface area contributed by atoms with Crippen molar-refractivity contribution in [3.63, 3.8) is 0 Å². The van der Waals surface area contributed by atoms with Crippen LogP contribution in [-0.4, -0.2) is 16.6 Å². The van der Waals surface area contributed by atoms with Gasteiger partial charge < -0.3 is 4.98 Å². The van der Waals surface area contributed by atoms with Crippen LogP contribution in [0, 0.1) is 5.82 Å². The van der Waals surface area contributed by atoms with Gasteiger partial charge in [-0.05, 0) is 36.8 Å². The summed E-state index contributed by atoms with van der Waals surface area (Å²) in [6.07, 6.45) is 1.95. The van der Waals surface area contributed by atoms with Crippen molar-refractivity contribution < 1.29 is 9.18 Å². The highest BCUT2D eigenvalue weighted by Gasteiger charge is 2.03. The lowest BCUT2D eigenvalue weighted by molar-refractivity contribution is -0.120. The molecule has 0 spiro atoms. The Hall–Kier alpha value is -2.43. The molecule has 0 aliphatic rings. The molecule has 0 fully saturated rings. The first kappa shape index (κ1) is 13.0. The van der Waals surface area contributed by atoms with Crippen molar-refractivity contribution in [1.82, 2.24) is 10.4 Å². The number of rotatable bonds is 4. The number of nitrogens with zero attached hydrogens (tertiary/aromatic N) is 1. The van der Waals surface area contributed by atoms with Crippen LogP contribution in [0.1, 0.15) is 18.2 Å². The number of aromatic amines is 1. The number of hydrogen-bond donors (Lipinski definition) is 2. The minimum Gasteiger partial charge on any atom is -0.360 e. The molecular formula is C14H14FN3O. The van der Waals surface area contributed by atoms with Crippen LogP contribution >= 0.6 is 0 Å². The SMILES string of the molecule is C/C(=N\NC(=O)Cc1ccc(F)cc1)c1ccc[nH]1. The maximum atomic E-state index is 12.7. The van der Waals surface area contributed by atoms with Crippen LogP contribution in [0.2, 0.25) is 0 Å². The van der Waals surface area contributed by atoms with E-state index in [1.807, 2.05) is 12.1 Å². The Bertz CT molecular complexity index is 573. The smallest absolute Gasteiger partial charge is 0.244 e. The third kappa shape index (κ3) is 3.77. The Labute approximate surface area is 110 Å². The third-order valence-corrected chi connectivity index (χ3v) is 2.61. The van der Waals surface area contributed by atoms with Crippen LogP contribution in [0.3, 0.4) is 0 Å². The number of aromatic nitrogens is 1. The van der Waals surface area contributed by atoms with E-state index in [4.69, 9.17) is 0 Å². The van der Waals surface area contributed by atoms with Crippen molar-refractivity contribution >= 4 is 11.6 Å². The van der Waals surface area contributed by atoms with E-state index in [-0.39, 0.29) is 18.1 Å². The van der Waals surface area contributed by atoms with E-state index in [1.165, 1.54) is 12.1 Å². The molecule has 4 nitrogen and oxygen atoms in total. The summed E-state index contributed by atoms with van der Waals surface area (Å²) in [5, 5.41) is 3.99. The Kier molecular flexibility index (Phi) is 4.07. The van der Waals surface area contributed by atoms with Crippen molar-refractivity contribution in [3.8, 4) is 0 Å². The fourth-order valence-corrected chi connectivity index (χ4v) is 1.59. The number of halogens is 1. The van der Waals surface area contributed by atoms with Crippen LogP contribution in [0.15, 0.2) is 47.7 Å². The molecule has 0 radical (unpaired) electrons. The van der Waals surface area contributed by atoms with Gasteiger partial charge in [0.1, 0.15) is 5.82 Å². The monoisotopic (exact) mass is 259 g/mol. The first-order valence-corrected chi connectivity index (χ1v) is 5.86. The average molecular weight is 259 g/mol. The zero-order valence-corrected chi connectivity index (χ0v) is 10.5. The van der Waals surface area contributed by atoms with E-state index in [1.54, 1.807) is 25.3 Å². The average Bonchev–Trinajstić information content (AvgIpc) is 2.93. The Morgan fingerprint density at radius 3 is 2.68 bits per heavy atom. The van der Waals surface area contributed by atoms with Crippen molar-refractivity contribution in [3.05, 3.63) is 59.7 Å². The van der Waals surface area contributed by atoms with Crippen LogP contribution in [0.25, 0.3) is 0 Å². The second kappa shape index (κ2) is 5.95. The number of amides is 1. The van der Waals surface area contributed by atoms with E-state index >= 15 is 0 Å². The zero-order chi connectivity index (χ0) is 13.7. The number of carbonyl (C=O) groups is 1. The lowest BCUT2D eigenvalue weighted by atomic mass is 10.1. The highest BCUT2D eigenvalue weighted by atomic mass is 19.1. The van der Waals surface area contributed by atoms with Crippen molar-refractivity contribution in [2.24, 2.45) is 5.10 Å².